The summed E-state index contributed by atoms with van der Waals surface area (Å²) in [6.45, 7) is 18.0. The van der Waals surface area contributed by atoms with Crippen molar-refractivity contribution in [3.05, 3.63) is 0 Å². The van der Waals surface area contributed by atoms with E-state index in [9.17, 15) is 5.11 Å². The lowest BCUT2D eigenvalue weighted by atomic mass is 9.85. The van der Waals surface area contributed by atoms with Crippen LogP contribution in [0.4, 0.5) is 0 Å². The first-order chi connectivity index (χ1) is 9.13. The maximum Gasteiger partial charge on any atom is 0.0830 e. The van der Waals surface area contributed by atoms with Gasteiger partial charge in [0, 0.05) is 37.3 Å². The zero-order chi connectivity index (χ0) is 15.1. The first-order valence-corrected chi connectivity index (χ1v) is 7.92. The van der Waals surface area contributed by atoms with Gasteiger partial charge >= 0.3 is 0 Å². The molecule has 0 aliphatic carbocycles. The molecule has 2 aliphatic heterocycles. The van der Waals surface area contributed by atoms with Gasteiger partial charge < -0.3 is 9.84 Å². The third-order valence-corrected chi connectivity index (χ3v) is 5.47. The van der Waals surface area contributed by atoms with E-state index in [1.807, 2.05) is 0 Å². The first-order valence-electron chi connectivity index (χ1n) is 7.92. The number of aliphatic hydroxyl groups is 1. The number of likely N-dealkylation sites (tertiary alicyclic amines) is 2. The van der Waals surface area contributed by atoms with Gasteiger partial charge in [0.2, 0.25) is 0 Å². The van der Waals surface area contributed by atoms with Gasteiger partial charge in [-0.1, -0.05) is 13.8 Å². The molecule has 4 heteroatoms. The van der Waals surface area contributed by atoms with Crippen LogP contribution in [0.25, 0.3) is 0 Å². The average molecular weight is 284 g/mol. The highest BCUT2D eigenvalue weighted by Crippen LogP contribution is 2.30. The van der Waals surface area contributed by atoms with Crippen LogP contribution in [0.1, 0.15) is 41.5 Å². The van der Waals surface area contributed by atoms with Crippen LogP contribution in [0.3, 0.4) is 0 Å². The third-order valence-electron chi connectivity index (χ3n) is 5.47. The lowest BCUT2D eigenvalue weighted by molar-refractivity contribution is -0.140. The average Bonchev–Trinajstić information content (AvgIpc) is 2.21. The second-order valence-corrected chi connectivity index (χ2v) is 8.02. The Morgan fingerprint density at radius 1 is 1.05 bits per heavy atom. The second kappa shape index (κ2) is 5.56. The Bertz CT molecular complexity index is 329. The summed E-state index contributed by atoms with van der Waals surface area (Å²) in [4.78, 5) is 4.81. The van der Waals surface area contributed by atoms with Crippen molar-refractivity contribution in [2.24, 2.45) is 5.92 Å². The number of β-amino-alcohol motifs (C(OH)–C–C–N with tert-alkyl or cyclic N) is 1. The standard InChI is InChI=1S/C16H32N2O2/c1-12(2)16(5,6)18-9-14(10-18)20-11-15(3,4)17-7-13(19)8-17/h12-14,19H,7-11H2,1-6H3. The fourth-order valence-electron chi connectivity index (χ4n) is 2.74. The molecule has 0 amide bonds. The molecular formula is C16H32N2O2. The maximum atomic E-state index is 9.40. The van der Waals surface area contributed by atoms with Crippen LogP contribution < -0.4 is 0 Å². The second-order valence-electron chi connectivity index (χ2n) is 8.02. The van der Waals surface area contributed by atoms with E-state index in [0.29, 0.717) is 12.0 Å². The van der Waals surface area contributed by atoms with Crippen LogP contribution in [-0.4, -0.2) is 71.0 Å². The number of hydrogen-bond donors (Lipinski definition) is 1. The molecule has 2 aliphatic rings. The van der Waals surface area contributed by atoms with Crippen LogP contribution >= 0.6 is 0 Å². The van der Waals surface area contributed by atoms with E-state index < -0.39 is 0 Å². The largest absolute Gasteiger partial charge is 0.390 e. The SMILES string of the molecule is CC(C)C(C)(C)N1CC(OCC(C)(C)N2CC(O)C2)C1. The Hall–Kier alpha value is -0.160. The number of rotatable bonds is 6. The summed E-state index contributed by atoms with van der Waals surface area (Å²) in [5, 5.41) is 9.40. The zero-order valence-electron chi connectivity index (χ0n) is 14.0. The summed E-state index contributed by atoms with van der Waals surface area (Å²) in [5.74, 6) is 0.655. The lowest BCUT2D eigenvalue weighted by Crippen LogP contribution is -2.65. The molecule has 0 saturated carbocycles. The van der Waals surface area contributed by atoms with Crippen LogP contribution in [-0.2, 0) is 4.74 Å². The van der Waals surface area contributed by atoms with Gasteiger partial charge in [0.05, 0.1) is 18.8 Å². The smallest absolute Gasteiger partial charge is 0.0830 e. The van der Waals surface area contributed by atoms with Crippen molar-refractivity contribution in [2.75, 3.05) is 32.8 Å². The molecule has 0 aromatic rings. The van der Waals surface area contributed by atoms with Crippen molar-refractivity contribution in [2.45, 2.75) is 64.8 Å². The Morgan fingerprint density at radius 2 is 1.60 bits per heavy atom. The number of nitrogens with zero attached hydrogens (tertiary/aromatic N) is 2. The Morgan fingerprint density at radius 3 is 2.05 bits per heavy atom. The molecule has 2 heterocycles. The molecule has 0 spiro atoms. The molecule has 0 unspecified atom stereocenters. The molecule has 118 valence electrons. The first kappa shape index (κ1) is 16.2. The van der Waals surface area contributed by atoms with Crippen LogP contribution in [0.2, 0.25) is 0 Å². The molecule has 4 nitrogen and oxygen atoms in total. The van der Waals surface area contributed by atoms with E-state index in [2.05, 4.69) is 51.3 Å². The number of ether oxygens (including phenoxy) is 1. The Labute approximate surface area is 124 Å². The van der Waals surface area contributed by atoms with E-state index in [4.69, 9.17) is 4.74 Å². The molecule has 2 saturated heterocycles. The molecule has 0 aromatic carbocycles. The van der Waals surface area contributed by atoms with Gasteiger partial charge in [-0.2, -0.15) is 0 Å². The highest BCUT2D eigenvalue weighted by atomic mass is 16.5. The number of hydrogen-bond acceptors (Lipinski definition) is 4. The Kier molecular flexibility index (Phi) is 4.51. The minimum Gasteiger partial charge on any atom is -0.390 e. The molecule has 2 rings (SSSR count). The minimum absolute atomic E-state index is 0.0349. The van der Waals surface area contributed by atoms with Crippen LogP contribution in [0.5, 0.6) is 0 Å². The van der Waals surface area contributed by atoms with Gasteiger partial charge in [0.25, 0.3) is 0 Å². The fourth-order valence-corrected chi connectivity index (χ4v) is 2.74. The van der Waals surface area contributed by atoms with E-state index >= 15 is 0 Å². The number of aliphatic hydroxyl groups excluding tert-OH is 1. The van der Waals surface area contributed by atoms with Gasteiger partial charge in [-0.15, -0.1) is 0 Å². The molecule has 0 atom stereocenters. The van der Waals surface area contributed by atoms with Crippen molar-refractivity contribution in [3.8, 4) is 0 Å². The third kappa shape index (κ3) is 3.19. The maximum absolute atomic E-state index is 9.40. The van der Waals surface area contributed by atoms with Gasteiger partial charge in [0.1, 0.15) is 0 Å². The minimum atomic E-state index is -0.139. The van der Waals surface area contributed by atoms with E-state index in [-0.39, 0.29) is 17.2 Å². The zero-order valence-corrected chi connectivity index (χ0v) is 14.0. The van der Waals surface area contributed by atoms with Crippen molar-refractivity contribution in [1.82, 2.24) is 9.80 Å². The van der Waals surface area contributed by atoms with Crippen LogP contribution in [0, 0.1) is 5.92 Å². The molecule has 2 fully saturated rings. The molecule has 0 radical (unpaired) electrons. The van der Waals surface area contributed by atoms with Gasteiger partial charge in [-0.05, 0) is 33.6 Å². The van der Waals surface area contributed by atoms with Gasteiger partial charge in [-0.3, -0.25) is 9.80 Å². The summed E-state index contributed by atoms with van der Waals surface area (Å²) in [5.41, 5.74) is 0.296. The van der Waals surface area contributed by atoms with Gasteiger partial charge in [0.15, 0.2) is 0 Å². The highest BCUT2D eigenvalue weighted by Gasteiger charge is 2.41. The van der Waals surface area contributed by atoms with Crippen molar-refractivity contribution in [3.63, 3.8) is 0 Å². The summed E-state index contributed by atoms with van der Waals surface area (Å²) < 4.78 is 6.08. The summed E-state index contributed by atoms with van der Waals surface area (Å²) in [7, 11) is 0. The molecule has 20 heavy (non-hydrogen) atoms. The predicted octanol–water partition coefficient (Wildman–Crippen LogP) is 1.58. The molecule has 1 N–H and O–H groups in total. The predicted molar refractivity (Wildman–Crippen MR) is 81.9 cm³/mol. The van der Waals surface area contributed by atoms with Crippen molar-refractivity contribution >= 4 is 0 Å². The summed E-state index contributed by atoms with van der Waals surface area (Å²) in [6, 6.07) is 0. The fraction of sp³-hybridized carbons (Fsp3) is 1.00. The van der Waals surface area contributed by atoms with E-state index in [1.54, 1.807) is 0 Å². The molecule has 0 bridgehead atoms. The normalized spacial score (nSPS) is 24.0. The topological polar surface area (TPSA) is 35.9 Å². The van der Waals surface area contributed by atoms with E-state index in [1.165, 1.54) is 0 Å². The molecular weight excluding hydrogens is 252 g/mol. The molecule has 0 aromatic heterocycles. The summed E-state index contributed by atoms with van der Waals surface area (Å²) in [6.07, 6.45) is 0.235. The van der Waals surface area contributed by atoms with Gasteiger partial charge in [-0.25, -0.2) is 0 Å². The Balaban J connectivity index is 1.70. The lowest BCUT2D eigenvalue weighted by Gasteiger charge is -2.52. The van der Waals surface area contributed by atoms with Crippen molar-refractivity contribution < 1.29 is 9.84 Å². The van der Waals surface area contributed by atoms with E-state index in [0.717, 1.165) is 32.8 Å². The highest BCUT2D eigenvalue weighted by molar-refractivity contribution is 4.96. The van der Waals surface area contributed by atoms with Crippen molar-refractivity contribution in [1.29, 1.82) is 0 Å². The quantitative estimate of drug-likeness (QED) is 0.803. The summed E-state index contributed by atoms with van der Waals surface area (Å²) >= 11 is 0. The monoisotopic (exact) mass is 284 g/mol. The van der Waals surface area contributed by atoms with Crippen LogP contribution in [0.15, 0.2) is 0 Å².